The van der Waals surface area contributed by atoms with Crippen molar-refractivity contribution in [3.05, 3.63) is 71.8 Å². The molecule has 2 aromatic carbocycles. The van der Waals surface area contributed by atoms with E-state index in [0.717, 1.165) is 24.0 Å². The number of halogens is 2. The van der Waals surface area contributed by atoms with Gasteiger partial charge in [0.25, 0.3) is 0 Å². The highest BCUT2D eigenvalue weighted by molar-refractivity contribution is 9.19. The number of benzene rings is 2. The Bertz CT molecular complexity index is 657. The Balaban J connectivity index is 2.58. The molecule has 0 aliphatic rings. The first-order chi connectivity index (χ1) is 11.6. The fourth-order valence-electron chi connectivity index (χ4n) is 3.27. The van der Waals surface area contributed by atoms with E-state index < -0.39 is 5.92 Å². The summed E-state index contributed by atoms with van der Waals surface area (Å²) in [7, 11) is 0. The van der Waals surface area contributed by atoms with E-state index >= 15 is 0 Å². The van der Waals surface area contributed by atoms with Crippen molar-refractivity contribution in [2.24, 2.45) is 5.92 Å². The van der Waals surface area contributed by atoms with Gasteiger partial charge in [0.1, 0.15) is 5.92 Å². The molecule has 0 fully saturated rings. The zero-order chi connectivity index (χ0) is 17.5. The van der Waals surface area contributed by atoms with E-state index in [1.165, 1.54) is 0 Å². The molecule has 0 aromatic heterocycles. The molecule has 2 unspecified atom stereocenters. The molecule has 2 nitrogen and oxygen atoms in total. The zero-order valence-corrected chi connectivity index (χ0v) is 16.7. The maximum atomic E-state index is 12.2. The molecule has 0 saturated heterocycles. The lowest BCUT2D eigenvalue weighted by molar-refractivity contribution is -0.123. The Kier molecular flexibility index (Phi) is 7.38. The van der Waals surface area contributed by atoms with Gasteiger partial charge in [0.15, 0.2) is 0 Å². The van der Waals surface area contributed by atoms with Crippen molar-refractivity contribution in [1.82, 2.24) is 0 Å². The van der Waals surface area contributed by atoms with Crippen LogP contribution in [0.2, 0.25) is 0 Å². The molecule has 0 radical (unpaired) electrons. The summed E-state index contributed by atoms with van der Waals surface area (Å²) >= 11 is 6.08. The van der Waals surface area contributed by atoms with Gasteiger partial charge in [-0.15, -0.1) is 0 Å². The summed E-state index contributed by atoms with van der Waals surface area (Å²) in [6, 6.07) is 20.0. The molecule has 0 aliphatic heterocycles. The Morgan fingerprint density at radius 2 is 1.29 bits per heavy atom. The minimum Gasteiger partial charge on any atom is -0.286 e. The Morgan fingerprint density at radius 3 is 1.71 bits per heavy atom. The minimum absolute atomic E-state index is 0.0894. The van der Waals surface area contributed by atoms with Crippen molar-refractivity contribution in [2.45, 2.75) is 31.6 Å². The van der Waals surface area contributed by atoms with Crippen molar-refractivity contribution in [3.63, 3.8) is 0 Å². The first-order valence-corrected chi connectivity index (χ1v) is 9.63. The predicted molar refractivity (Wildman–Crippen MR) is 105 cm³/mol. The molecular formula is C20H20Br2O2. The van der Waals surface area contributed by atoms with Gasteiger partial charge in [-0.2, -0.15) is 0 Å². The van der Waals surface area contributed by atoms with Gasteiger partial charge in [0, 0.05) is 5.92 Å². The zero-order valence-electron chi connectivity index (χ0n) is 13.5. The van der Waals surface area contributed by atoms with Crippen LogP contribution in [0.3, 0.4) is 0 Å². The third kappa shape index (κ3) is 4.64. The number of rotatable bonds is 8. The predicted octanol–water partition coefficient (Wildman–Crippen LogP) is 5.81. The lowest BCUT2D eigenvalue weighted by atomic mass is 9.73. The van der Waals surface area contributed by atoms with Gasteiger partial charge >= 0.3 is 0 Å². The molecule has 0 saturated carbocycles. The summed E-state index contributed by atoms with van der Waals surface area (Å²) < 4.78 is -0.564. The molecule has 0 N–H and O–H groups in total. The summed E-state index contributed by atoms with van der Waals surface area (Å²) in [5.41, 5.74) is 2.16. The molecule has 2 rings (SSSR count). The Hall–Kier alpha value is -1.26. The lowest BCUT2D eigenvalue weighted by Gasteiger charge is -2.31. The van der Waals surface area contributed by atoms with E-state index in [4.69, 9.17) is 0 Å². The van der Waals surface area contributed by atoms with Crippen LogP contribution in [0.25, 0.3) is 0 Å². The van der Waals surface area contributed by atoms with Crippen molar-refractivity contribution >= 4 is 41.2 Å². The summed E-state index contributed by atoms with van der Waals surface area (Å²) in [4.78, 5) is 24.4. The fraction of sp³-hybridized carbons (Fsp3) is 0.300. The highest BCUT2D eigenvalue weighted by Crippen LogP contribution is 2.43. The average Bonchev–Trinajstić information content (AvgIpc) is 2.58. The summed E-state index contributed by atoms with van der Waals surface area (Å²) in [6.07, 6.45) is 1.88. The van der Waals surface area contributed by atoms with E-state index in [-0.39, 0.29) is 21.2 Å². The topological polar surface area (TPSA) is 34.1 Å². The van der Waals surface area contributed by atoms with Crippen molar-refractivity contribution < 1.29 is 9.59 Å². The summed E-state index contributed by atoms with van der Waals surface area (Å²) in [6.45, 7) is 2.12. The van der Waals surface area contributed by atoms with Crippen LogP contribution in [0.15, 0.2) is 60.7 Å². The molecule has 2 aromatic rings. The number of hydrogen-bond acceptors (Lipinski definition) is 2. The highest BCUT2D eigenvalue weighted by atomic mass is 79.9. The van der Waals surface area contributed by atoms with Crippen molar-refractivity contribution in [2.75, 3.05) is 0 Å². The van der Waals surface area contributed by atoms with Crippen LogP contribution in [0.1, 0.15) is 42.7 Å². The second-order valence-corrected chi connectivity index (χ2v) is 7.39. The quantitative estimate of drug-likeness (QED) is 0.374. The van der Waals surface area contributed by atoms with Crippen LogP contribution >= 0.6 is 31.9 Å². The van der Waals surface area contributed by atoms with Crippen molar-refractivity contribution in [3.8, 4) is 0 Å². The normalized spacial score (nSPS) is 13.5. The van der Waals surface area contributed by atoms with Crippen LogP contribution in [0.4, 0.5) is 0 Å². The summed E-state index contributed by atoms with van der Waals surface area (Å²) in [5, 5.41) is 0. The second kappa shape index (κ2) is 9.28. The van der Waals surface area contributed by atoms with Gasteiger partial charge in [0.2, 0.25) is 9.39 Å². The first kappa shape index (κ1) is 19.1. The SMILES string of the molecule is CCCC(c1ccccc1)C(c1ccccc1)C(C(=O)Br)C(=O)Br. The maximum absolute atomic E-state index is 12.2. The Morgan fingerprint density at radius 1 is 0.833 bits per heavy atom. The molecule has 0 bridgehead atoms. The fourth-order valence-corrected chi connectivity index (χ4v) is 4.56. The van der Waals surface area contributed by atoms with Crippen LogP contribution in [0, 0.1) is 5.92 Å². The molecule has 24 heavy (non-hydrogen) atoms. The van der Waals surface area contributed by atoms with Gasteiger partial charge in [-0.3, -0.25) is 9.59 Å². The van der Waals surface area contributed by atoms with E-state index in [2.05, 4.69) is 50.9 Å². The number of carbonyl (C=O) groups is 2. The molecule has 0 amide bonds. The molecule has 4 heteroatoms. The molecule has 0 spiro atoms. The number of hydrogen-bond donors (Lipinski definition) is 0. The maximum Gasteiger partial charge on any atom is 0.209 e. The highest BCUT2D eigenvalue weighted by Gasteiger charge is 2.38. The van der Waals surface area contributed by atoms with Gasteiger partial charge < -0.3 is 0 Å². The monoisotopic (exact) mass is 450 g/mol. The summed E-state index contributed by atoms with van der Waals surface area (Å²) in [5.74, 6) is -0.886. The van der Waals surface area contributed by atoms with Crippen LogP contribution in [-0.2, 0) is 9.59 Å². The third-order valence-electron chi connectivity index (χ3n) is 4.29. The number of carbonyl (C=O) groups excluding carboxylic acids is 2. The van der Waals surface area contributed by atoms with Crippen LogP contribution in [0.5, 0.6) is 0 Å². The first-order valence-electron chi connectivity index (χ1n) is 8.04. The minimum atomic E-state index is -0.760. The van der Waals surface area contributed by atoms with Crippen LogP contribution < -0.4 is 0 Å². The van der Waals surface area contributed by atoms with E-state index in [9.17, 15) is 9.59 Å². The molecular weight excluding hydrogens is 432 g/mol. The van der Waals surface area contributed by atoms with E-state index in [0.29, 0.717) is 0 Å². The Labute approximate surface area is 159 Å². The van der Waals surface area contributed by atoms with Crippen LogP contribution in [-0.4, -0.2) is 9.39 Å². The molecule has 2 atom stereocenters. The molecule has 0 heterocycles. The average molecular weight is 452 g/mol. The third-order valence-corrected chi connectivity index (χ3v) is 5.28. The van der Waals surface area contributed by atoms with Gasteiger partial charge in [0.05, 0.1) is 0 Å². The standard InChI is InChI=1S/C20H20Br2O2/c1-2-9-16(14-10-5-3-6-11-14)17(15-12-7-4-8-13-15)18(19(21)23)20(22)24/h3-8,10-13,16-18H,2,9H2,1H3. The van der Waals surface area contributed by atoms with Gasteiger partial charge in [-0.1, -0.05) is 74.0 Å². The molecule has 0 aliphatic carbocycles. The van der Waals surface area contributed by atoms with E-state index in [1.807, 2.05) is 48.5 Å². The smallest absolute Gasteiger partial charge is 0.209 e. The second-order valence-electron chi connectivity index (χ2n) is 5.83. The largest absolute Gasteiger partial charge is 0.286 e. The van der Waals surface area contributed by atoms with Crippen molar-refractivity contribution in [1.29, 1.82) is 0 Å². The lowest BCUT2D eigenvalue weighted by Crippen LogP contribution is -2.29. The molecule has 126 valence electrons. The van der Waals surface area contributed by atoms with E-state index in [1.54, 1.807) is 0 Å². The van der Waals surface area contributed by atoms with Gasteiger partial charge in [-0.25, -0.2) is 0 Å². The van der Waals surface area contributed by atoms with Gasteiger partial charge in [-0.05, 0) is 55.3 Å².